The van der Waals surface area contributed by atoms with E-state index in [0.717, 1.165) is 24.2 Å². The third kappa shape index (κ3) is 3.16. The fourth-order valence-corrected chi connectivity index (χ4v) is 2.42. The SMILES string of the molecule is CN(C)c1nccc(CN(C)C2CCCC2)n1. The second kappa shape index (κ2) is 5.45. The van der Waals surface area contributed by atoms with E-state index in [9.17, 15) is 0 Å². The maximum absolute atomic E-state index is 4.56. The van der Waals surface area contributed by atoms with Crippen molar-refractivity contribution in [2.24, 2.45) is 0 Å². The molecule has 0 amide bonds. The molecule has 0 saturated heterocycles. The largest absolute Gasteiger partial charge is 0.347 e. The first-order chi connectivity index (χ1) is 8.16. The quantitative estimate of drug-likeness (QED) is 0.796. The molecule has 0 bridgehead atoms. The Morgan fingerprint density at radius 2 is 1.94 bits per heavy atom. The second-order valence-corrected chi connectivity index (χ2v) is 5.10. The molecule has 17 heavy (non-hydrogen) atoms. The lowest BCUT2D eigenvalue weighted by molar-refractivity contribution is 0.234. The summed E-state index contributed by atoms with van der Waals surface area (Å²) in [7, 11) is 6.15. The Morgan fingerprint density at radius 3 is 2.59 bits per heavy atom. The van der Waals surface area contributed by atoms with Gasteiger partial charge in [0.25, 0.3) is 0 Å². The van der Waals surface area contributed by atoms with Gasteiger partial charge in [-0.3, -0.25) is 4.90 Å². The molecule has 1 aromatic rings. The lowest BCUT2D eigenvalue weighted by Gasteiger charge is -2.23. The minimum Gasteiger partial charge on any atom is -0.347 e. The van der Waals surface area contributed by atoms with E-state index >= 15 is 0 Å². The van der Waals surface area contributed by atoms with Gasteiger partial charge >= 0.3 is 0 Å². The van der Waals surface area contributed by atoms with E-state index in [1.807, 2.05) is 31.3 Å². The molecule has 0 spiro atoms. The third-order valence-corrected chi connectivity index (χ3v) is 3.46. The molecule has 4 nitrogen and oxygen atoms in total. The number of rotatable bonds is 4. The Bertz CT molecular complexity index is 358. The van der Waals surface area contributed by atoms with Crippen molar-refractivity contribution < 1.29 is 0 Å². The minimum atomic E-state index is 0.743. The molecule has 1 aliphatic carbocycles. The van der Waals surface area contributed by atoms with E-state index < -0.39 is 0 Å². The van der Waals surface area contributed by atoms with Crippen LogP contribution in [0.1, 0.15) is 31.4 Å². The fraction of sp³-hybridized carbons (Fsp3) is 0.692. The van der Waals surface area contributed by atoms with Crippen LogP contribution in [0.15, 0.2) is 12.3 Å². The molecule has 1 saturated carbocycles. The molecule has 0 radical (unpaired) electrons. The van der Waals surface area contributed by atoms with Crippen molar-refractivity contribution in [2.45, 2.75) is 38.3 Å². The summed E-state index contributed by atoms with van der Waals surface area (Å²) in [6.07, 6.45) is 7.27. The molecule has 1 heterocycles. The summed E-state index contributed by atoms with van der Waals surface area (Å²) in [4.78, 5) is 13.2. The summed E-state index contributed by atoms with van der Waals surface area (Å²) in [6, 6.07) is 2.76. The molecule has 0 aromatic carbocycles. The Balaban J connectivity index is 1.99. The van der Waals surface area contributed by atoms with Crippen LogP contribution in [0, 0.1) is 0 Å². The molecule has 0 unspecified atom stereocenters. The molecular formula is C13H22N4. The molecule has 2 rings (SSSR count). The van der Waals surface area contributed by atoms with E-state index in [2.05, 4.69) is 21.9 Å². The molecule has 1 aromatic heterocycles. The minimum absolute atomic E-state index is 0.743. The Kier molecular flexibility index (Phi) is 3.94. The standard InChI is InChI=1S/C13H22N4/c1-16(2)13-14-9-8-11(15-13)10-17(3)12-6-4-5-7-12/h8-9,12H,4-7,10H2,1-3H3. The van der Waals surface area contributed by atoms with Gasteiger partial charge in [-0.2, -0.15) is 0 Å². The number of anilines is 1. The summed E-state index contributed by atoms with van der Waals surface area (Å²) >= 11 is 0. The van der Waals surface area contributed by atoms with Gasteiger partial charge in [0, 0.05) is 32.9 Å². The van der Waals surface area contributed by atoms with Crippen LogP contribution in [-0.4, -0.2) is 42.1 Å². The highest BCUT2D eigenvalue weighted by Gasteiger charge is 2.19. The van der Waals surface area contributed by atoms with Crippen molar-refractivity contribution in [2.75, 3.05) is 26.0 Å². The van der Waals surface area contributed by atoms with E-state index in [1.165, 1.54) is 25.7 Å². The van der Waals surface area contributed by atoms with Crippen LogP contribution in [0.5, 0.6) is 0 Å². The Labute approximate surface area is 104 Å². The average Bonchev–Trinajstić information content (AvgIpc) is 2.82. The summed E-state index contributed by atoms with van der Waals surface area (Å²) in [5.74, 6) is 0.794. The van der Waals surface area contributed by atoms with Crippen molar-refractivity contribution in [3.05, 3.63) is 18.0 Å². The fourth-order valence-electron chi connectivity index (χ4n) is 2.42. The topological polar surface area (TPSA) is 32.3 Å². The highest BCUT2D eigenvalue weighted by molar-refractivity contribution is 5.27. The van der Waals surface area contributed by atoms with Gasteiger partial charge < -0.3 is 4.90 Å². The van der Waals surface area contributed by atoms with Crippen molar-refractivity contribution in [3.8, 4) is 0 Å². The van der Waals surface area contributed by atoms with Gasteiger partial charge in [0.05, 0.1) is 5.69 Å². The summed E-state index contributed by atoms with van der Waals surface area (Å²) < 4.78 is 0. The Morgan fingerprint density at radius 1 is 1.24 bits per heavy atom. The van der Waals surface area contributed by atoms with Gasteiger partial charge in [-0.05, 0) is 26.0 Å². The summed E-state index contributed by atoms with van der Waals surface area (Å²) in [5.41, 5.74) is 1.11. The van der Waals surface area contributed by atoms with E-state index in [1.54, 1.807) is 0 Å². The summed E-state index contributed by atoms with van der Waals surface area (Å²) in [5, 5.41) is 0. The summed E-state index contributed by atoms with van der Waals surface area (Å²) in [6.45, 7) is 0.925. The number of hydrogen-bond acceptors (Lipinski definition) is 4. The third-order valence-electron chi connectivity index (χ3n) is 3.46. The first-order valence-electron chi connectivity index (χ1n) is 6.36. The number of aromatic nitrogens is 2. The lowest BCUT2D eigenvalue weighted by atomic mass is 10.2. The first-order valence-corrected chi connectivity index (χ1v) is 6.36. The highest BCUT2D eigenvalue weighted by atomic mass is 15.2. The van der Waals surface area contributed by atoms with E-state index in [-0.39, 0.29) is 0 Å². The van der Waals surface area contributed by atoms with E-state index in [4.69, 9.17) is 0 Å². The maximum Gasteiger partial charge on any atom is 0.225 e. The molecule has 0 atom stereocenters. The second-order valence-electron chi connectivity index (χ2n) is 5.10. The number of nitrogens with zero attached hydrogens (tertiary/aromatic N) is 4. The average molecular weight is 234 g/mol. The molecule has 94 valence electrons. The van der Waals surface area contributed by atoms with Gasteiger partial charge in [0.15, 0.2) is 0 Å². The Hall–Kier alpha value is -1.16. The predicted octanol–water partition coefficient (Wildman–Crippen LogP) is 1.92. The van der Waals surface area contributed by atoms with Gasteiger partial charge in [0.2, 0.25) is 5.95 Å². The molecular weight excluding hydrogens is 212 g/mol. The molecule has 0 N–H and O–H groups in total. The zero-order valence-corrected chi connectivity index (χ0v) is 11.1. The maximum atomic E-state index is 4.56. The van der Waals surface area contributed by atoms with Crippen molar-refractivity contribution in [3.63, 3.8) is 0 Å². The van der Waals surface area contributed by atoms with Crippen LogP contribution in [0.2, 0.25) is 0 Å². The zero-order chi connectivity index (χ0) is 12.3. The van der Waals surface area contributed by atoms with Crippen LogP contribution in [0.4, 0.5) is 5.95 Å². The van der Waals surface area contributed by atoms with Crippen molar-refractivity contribution >= 4 is 5.95 Å². The van der Waals surface area contributed by atoms with Crippen molar-refractivity contribution in [1.29, 1.82) is 0 Å². The monoisotopic (exact) mass is 234 g/mol. The first kappa shape index (κ1) is 12.3. The van der Waals surface area contributed by atoms with Gasteiger partial charge in [-0.1, -0.05) is 12.8 Å². The van der Waals surface area contributed by atoms with Crippen LogP contribution in [-0.2, 0) is 6.54 Å². The number of hydrogen-bond donors (Lipinski definition) is 0. The van der Waals surface area contributed by atoms with E-state index in [0.29, 0.717) is 0 Å². The predicted molar refractivity (Wildman–Crippen MR) is 70.1 cm³/mol. The molecule has 1 aliphatic rings. The highest BCUT2D eigenvalue weighted by Crippen LogP contribution is 2.23. The molecule has 1 fully saturated rings. The normalized spacial score (nSPS) is 16.7. The van der Waals surface area contributed by atoms with Gasteiger partial charge in [-0.25, -0.2) is 9.97 Å². The van der Waals surface area contributed by atoms with Gasteiger partial charge in [-0.15, -0.1) is 0 Å². The van der Waals surface area contributed by atoms with Crippen LogP contribution >= 0.6 is 0 Å². The smallest absolute Gasteiger partial charge is 0.225 e. The lowest BCUT2D eigenvalue weighted by Crippen LogP contribution is -2.29. The van der Waals surface area contributed by atoms with Crippen LogP contribution in [0.25, 0.3) is 0 Å². The molecule has 0 aliphatic heterocycles. The van der Waals surface area contributed by atoms with Crippen LogP contribution in [0.3, 0.4) is 0 Å². The van der Waals surface area contributed by atoms with Crippen LogP contribution < -0.4 is 4.90 Å². The molecule has 4 heteroatoms. The van der Waals surface area contributed by atoms with Crippen molar-refractivity contribution in [1.82, 2.24) is 14.9 Å². The zero-order valence-electron chi connectivity index (χ0n) is 11.1. The van der Waals surface area contributed by atoms with Gasteiger partial charge in [0.1, 0.15) is 0 Å².